The fraction of sp³-hybridized carbons (Fsp3) is 0.167. The van der Waals surface area contributed by atoms with Crippen LogP contribution in [0.5, 0.6) is 0 Å². The van der Waals surface area contributed by atoms with Crippen LogP contribution in [0.3, 0.4) is 0 Å². The first kappa shape index (κ1) is 34.1. The SMILES string of the molecule is Cc1cc2ccccc2cc1C.Cc1ccc2cc(C)ccc2c1.Cc1cccc2c(C)cccc12.Cc1cccc2cccc(C)c12. The fourth-order valence-corrected chi connectivity index (χ4v) is 6.32. The molecule has 0 aliphatic heterocycles. The van der Waals surface area contributed by atoms with Gasteiger partial charge in [0.25, 0.3) is 0 Å². The van der Waals surface area contributed by atoms with Crippen molar-refractivity contribution in [2.75, 3.05) is 0 Å². The molecule has 0 spiro atoms. The highest BCUT2D eigenvalue weighted by Gasteiger charge is 1.99. The van der Waals surface area contributed by atoms with Gasteiger partial charge in [-0.1, -0.05) is 157 Å². The van der Waals surface area contributed by atoms with Crippen molar-refractivity contribution in [2.45, 2.75) is 55.4 Å². The Morgan fingerprint density at radius 3 is 1.02 bits per heavy atom. The Morgan fingerprint density at radius 2 is 0.604 bits per heavy atom. The number of hydrogen-bond donors (Lipinski definition) is 0. The van der Waals surface area contributed by atoms with Crippen LogP contribution in [0.1, 0.15) is 44.5 Å². The third-order valence-electron chi connectivity index (χ3n) is 9.19. The molecule has 0 atom stereocenters. The minimum absolute atomic E-state index is 1.33. The van der Waals surface area contributed by atoms with E-state index in [-0.39, 0.29) is 0 Å². The van der Waals surface area contributed by atoms with E-state index in [2.05, 4.69) is 201 Å². The van der Waals surface area contributed by atoms with Gasteiger partial charge in [0.2, 0.25) is 0 Å². The van der Waals surface area contributed by atoms with Crippen LogP contribution < -0.4 is 0 Å². The Hall–Kier alpha value is -5.20. The van der Waals surface area contributed by atoms with E-state index < -0.39 is 0 Å². The standard InChI is InChI=1S/4C12H12/c1-9-3-5-12-8-10(2)4-6-11(12)7-9;1-9-5-3-8-12-10(2)6-4-7-11(9)12;1-9-5-3-7-11-8-4-6-10(2)12(9)11;1-9-7-11-5-3-4-6-12(11)8-10(9)2/h4*3-8H,1-2H3. The lowest BCUT2D eigenvalue weighted by molar-refractivity contribution is 1.37. The third kappa shape index (κ3) is 8.38. The van der Waals surface area contributed by atoms with Crippen LogP contribution in [-0.2, 0) is 0 Å². The summed E-state index contributed by atoms with van der Waals surface area (Å²) in [5, 5.41) is 10.8. The Labute approximate surface area is 287 Å². The summed E-state index contributed by atoms with van der Waals surface area (Å²) in [6.07, 6.45) is 0. The van der Waals surface area contributed by atoms with Crippen molar-refractivity contribution in [2.24, 2.45) is 0 Å². The zero-order valence-corrected chi connectivity index (χ0v) is 29.9. The van der Waals surface area contributed by atoms with Gasteiger partial charge in [0.15, 0.2) is 0 Å². The van der Waals surface area contributed by atoms with E-state index in [1.165, 1.54) is 87.6 Å². The number of hydrogen-bond acceptors (Lipinski definition) is 0. The van der Waals surface area contributed by atoms with Crippen LogP contribution in [0.25, 0.3) is 43.1 Å². The molecule has 0 aliphatic rings. The minimum atomic E-state index is 1.33. The maximum Gasteiger partial charge on any atom is -0.0125 e. The van der Waals surface area contributed by atoms with Gasteiger partial charge in [0.1, 0.15) is 0 Å². The lowest BCUT2D eigenvalue weighted by Gasteiger charge is -2.04. The van der Waals surface area contributed by atoms with Crippen molar-refractivity contribution in [3.05, 3.63) is 190 Å². The van der Waals surface area contributed by atoms with Crippen molar-refractivity contribution in [3.8, 4) is 0 Å². The largest absolute Gasteiger partial charge is 0.0616 e. The molecule has 0 N–H and O–H groups in total. The van der Waals surface area contributed by atoms with E-state index in [1.807, 2.05) is 0 Å². The Balaban J connectivity index is 0.000000125. The summed E-state index contributed by atoms with van der Waals surface area (Å²) in [5.74, 6) is 0. The highest BCUT2D eigenvalue weighted by atomic mass is 14.0. The summed E-state index contributed by atoms with van der Waals surface area (Å²) in [5.41, 5.74) is 10.8. The predicted octanol–water partition coefficient (Wildman–Crippen LogP) is 13.8. The van der Waals surface area contributed by atoms with Crippen LogP contribution >= 0.6 is 0 Å². The first-order valence-electron chi connectivity index (χ1n) is 16.9. The van der Waals surface area contributed by atoms with Crippen LogP contribution in [0.15, 0.2) is 146 Å². The van der Waals surface area contributed by atoms with Crippen LogP contribution in [0.2, 0.25) is 0 Å². The van der Waals surface area contributed by atoms with E-state index in [9.17, 15) is 0 Å². The molecule has 0 fully saturated rings. The number of fused-ring (bicyclic) bond motifs is 4. The van der Waals surface area contributed by atoms with Crippen molar-refractivity contribution >= 4 is 43.1 Å². The van der Waals surface area contributed by atoms with Crippen molar-refractivity contribution in [3.63, 3.8) is 0 Å². The molecule has 0 heteroatoms. The average molecular weight is 625 g/mol. The van der Waals surface area contributed by atoms with E-state index in [0.717, 1.165) is 0 Å². The van der Waals surface area contributed by atoms with E-state index in [1.54, 1.807) is 0 Å². The fourth-order valence-electron chi connectivity index (χ4n) is 6.32. The summed E-state index contributed by atoms with van der Waals surface area (Å²) in [7, 11) is 0. The van der Waals surface area contributed by atoms with Crippen molar-refractivity contribution in [1.29, 1.82) is 0 Å². The summed E-state index contributed by atoms with van der Waals surface area (Å²) < 4.78 is 0. The molecule has 0 saturated heterocycles. The summed E-state index contributed by atoms with van der Waals surface area (Å²) in [4.78, 5) is 0. The summed E-state index contributed by atoms with van der Waals surface area (Å²) >= 11 is 0. The lowest BCUT2D eigenvalue weighted by atomic mass is 10.0. The van der Waals surface area contributed by atoms with Crippen molar-refractivity contribution in [1.82, 2.24) is 0 Å². The molecular formula is C48H48. The molecule has 8 rings (SSSR count). The Bertz CT molecular complexity index is 2160. The Morgan fingerprint density at radius 1 is 0.250 bits per heavy atom. The van der Waals surface area contributed by atoms with E-state index in [4.69, 9.17) is 0 Å². The van der Waals surface area contributed by atoms with Gasteiger partial charge in [-0.3, -0.25) is 0 Å². The molecule has 0 radical (unpaired) electrons. The number of aryl methyl sites for hydroxylation is 8. The summed E-state index contributed by atoms with van der Waals surface area (Å²) in [6, 6.07) is 51.8. The van der Waals surface area contributed by atoms with Gasteiger partial charge in [-0.15, -0.1) is 0 Å². The second kappa shape index (κ2) is 15.6. The molecule has 0 aliphatic carbocycles. The highest BCUT2D eigenvalue weighted by Crippen LogP contribution is 2.23. The van der Waals surface area contributed by atoms with Gasteiger partial charge in [0, 0.05) is 0 Å². The molecule has 0 bridgehead atoms. The molecule has 0 aromatic heterocycles. The summed E-state index contributed by atoms with van der Waals surface area (Å²) in [6.45, 7) is 17.2. The molecule has 48 heavy (non-hydrogen) atoms. The van der Waals surface area contributed by atoms with E-state index in [0.29, 0.717) is 0 Å². The second-order valence-corrected chi connectivity index (χ2v) is 13.1. The van der Waals surface area contributed by atoms with Gasteiger partial charge in [-0.05, 0) is 132 Å². The molecule has 240 valence electrons. The number of benzene rings is 8. The van der Waals surface area contributed by atoms with Gasteiger partial charge < -0.3 is 0 Å². The first-order chi connectivity index (χ1) is 23.1. The van der Waals surface area contributed by atoms with Crippen LogP contribution in [0, 0.1) is 55.4 Å². The zero-order valence-electron chi connectivity index (χ0n) is 29.9. The van der Waals surface area contributed by atoms with Gasteiger partial charge >= 0.3 is 0 Å². The van der Waals surface area contributed by atoms with Gasteiger partial charge in [-0.25, -0.2) is 0 Å². The third-order valence-corrected chi connectivity index (χ3v) is 9.19. The molecule has 8 aromatic rings. The quantitative estimate of drug-likeness (QED) is 0.157. The average Bonchev–Trinajstić information content (AvgIpc) is 3.07. The monoisotopic (exact) mass is 624 g/mol. The maximum atomic E-state index is 2.24. The van der Waals surface area contributed by atoms with Gasteiger partial charge in [-0.2, -0.15) is 0 Å². The maximum absolute atomic E-state index is 2.24. The van der Waals surface area contributed by atoms with Crippen LogP contribution in [-0.4, -0.2) is 0 Å². The van der Waals surface area contributed by atoms with Crippen molar-refractivity contribution < 1.29 is 0 Å². The van der Waals surface area contributed by atoms with Crippen LogP contribution in [0.4, 0.5) is 0 Å². The lowest BCUT2D eigenvalue weighted by Crippen LogP contribution is -1.81. The van der Waals surface area contributed by atoms with Gasteiger partial charge in [0.05, 0.1) is 0 Å². The minimum Gasteiger partial charge on any atom is -0.0616 e. The predicted molar refractivity (Wildman–Crippen MR) is 214 cm³/mol. The second-order valence-electron chi connectivity index (χ2n) is 13.1. The number of rotatable bonds is 0. The smallest absolute Gasteiger partial charge is 0.0125 e. The van der Waals surface area contributed by atoms with E-state index >= 15 is 0 Å². The molecule has 0 amide bonds. The Kier molecular flexibility index (Phi) is 11.1. The topological polar surface area (TPSA) is 0 Å². The normalized spacial score (nSPS) is 10.5. The molecular weight excluding hydrogens is 577 g/mol. The molecule has 0 saturated carbocycles. The molecule has 0 unspecified atom stereocenters. The molecule has 0 nitrogen and oxygen atoms in total. The zero-order chi connectivity index (χ0) is 34.2. The molecule has 8 aromatic carbocycles. The first-order valence-corrected chi connectivity index (χ1v) is 16.9. The highest BCUT2D eigenvalue weighted by molar-refractivity contribution is 5.89. The molecule has 0 heterocycles.